The first-order chi connectivity index (χ1) is 15.5. The van der Waals surface area contributed by atoms with Crippen LogP contribution < -0.4 is 0 Å². The third-order valence-corrected chi connectivity index (χ3v) is 7.31. The molecule has 0 aromatic carbocycles. The van der Waals surface area contributed by atoms with Gasteiger partial charge in [-0.3, -0.25) is 4.79 Å². The second kappa shape index (κ2) is 18.8. The van der Waals surface area contributed by atoms with E-state index in [9.17, 15) is 4.79 Å². The molecule has 0 spiro atoms. The molecule has 3 nitrogen and oxygen atoms in total. The molecule has 0 saturated carbocycles. The number of likely N-dealkylation sites (tertiary alicyclic amines) is 1. The summed E-state index contributed by atoms with van der Waals surface area (Å²) in [6, 6.07) is 0. The third-order valence-electron chi connectivity index (χ3n) is 7.31. The normalized spacial score (nSPS) is 15.9. The summed E-state index contributed by atoms with van der Waals surface area (Å²) in [7, 11) is 0. The summed E-state index contributed by atoms with van der Waals surface area (Å²) < 4.78 is 6.12. The van der Waals surface area contributed by atoms with Gasteiger partial charge in [0.1, 0.15) is 6.10 Å². The second-order valence-corrected chi connectivity index (χ2v) is 11.0. The first-order valence-corrected chi connectivity index (χ1v) is 14.4. The van der Waals surface area contributed by atoms with E-state index in [-0.39, 0.29) is 17.5 Å². The zero-order valence-electron chi connectivity index (χ0n) is 22.4. The summed E-state index contributed by atoms with van der Waals surface area (Å²) in [6.07, 6.45) is 23.7. The standard InChI is InChI=1S/C29H57NO2/c1-5-7-9-11-12-16-22-27(21-15-10-8-6-2)32-28(31)29(3,4)23-17-13-14-18-24-30-25-19-20-26-30/h27H,5-26H2,1-4H3. The molecule has 1 atom stereocenters. The van der Waals surface area contributed by atoms with Crippen molar-refractivity contribution in [3.8, 4) is 0 Å². The molecule has 0 radical (unpaired) electrons. The van der Waals surface area contributed by atoms with Gasteiger partial charge in [-0.05, 0) is 84.8 Å². The Kier molecular flexibility index (Phi) is 17.3. The zero-order valence-corrected chi connectivity index (χ0v) is 22.4. The van der Waals surface area contributed by atoms with Crippen molar-refractivity contribution in [3.63, 3.8) is 0 Å². The topological polar surface area (TPSA) is 29.5 Å². The highest BCUT2D eigenvalue weighted by atomic mass is 16.5. The van der Waals surface area contributed by atoms with Crippen molar-refractivity contribution in [2.75, 3.05) is 19.6 Å². The summed E-state index contributed by atoms with van der Waals surface area (Å²) in [5.74, 6) is 0.0426. The molecular weight excluding hydrogens is 394 g/mol. The molecule has 1 unspecified atom stereocenters. The quantitative estimate of drug-likeness (QED) is 0.129. The van der Waals surface area contributed by atoms with E-state index in [1.165, 1.54) is 116 Å². The van der Waals surface area contributed by atoms with E-state index < -0.39 is 0 Å². The van der Waals surface area contributed by atoms with Gasteiger partial charge in [0.05, 0.1) is 5.41 Å². The molecule has 0 amide bonds. The predicted octanol–water partition coefficient (Wildman–Crippen LogP) is 8.69. The Bertz CT molecular complexity index is 442. The molecule has 3 heteroatoms. The van der Waals surface area contributed by atoms with E-state index in [0.29, 0.717) is 0 Å². The Morgan fingerprint density at radius 2 is 1.25 bits per heavy atom. The van der Waals surface area contributed by atoms with Crippen molar-refractivity contribution < 1.29 is 9.53 Å². The van der Waals surface area contributed by atoms with Crippen LogP contribution in [0.3, 0.4) is 0 Å². The zero-order chi connectivity index (χ0) is 23.5. The van der Waals surface area contributed by atoms with Gasteiger partial charge in [0.2, 0.25) is 0 Å². The van der Waals surface area contributed by atoms with Crippen LogP contribution in [0.25, 0.3) is 0 Å². The number of carbonyl (C=O) groups is 1. The van der Waals surface area contributed by atoms with Gasteiger partial charge in [0, 0.05) is 0 Å². The first kappa shape index (κ1) is 29.5. The minimum atomic E-state index is -0.349. The smallest absolute Gasteiger partial charge is 0.311 e. The minimum Gasteiger partial charge on any atom is -0.462 e. The van der Waals surface area contributed by atoms with E-state index in [1.54, 1.807) is 0 Å². The molecule has 1 fully saturated rings. The summed E-state index contributed by atoms with van der Waals surface area (Å²) in [5.41, 5.74) is -0.349. The Hall–Kier alpha value is -0.570. The maximum Gasteiger partial charge on any atom is 0.311 e. The molecule has 1 rings (SSSR count). The van der Waals surface area contributed by atoms with Crippen molar-refractivity contribution in [1.29, 1.82) is 0 Å². The lowest BCUT2D eigenvalue weighted by atomic mass is 9.86. The number of rotatable bonds is 21. The molecule has 0 bridgehead atoms. The molecule has 1 aliphatic rings. The lowest BCUT2D eigenvalue weighted by Crippen LogP contribution is -2.31. The highest BCUT2D eigenvalue weighted by Gasteiger charge is 2.30. The van der Waals surface area contributed by atoms with Crippen molar-refractivity contribution in [2.24, 2.45) is 5.41 Å². The Morgan fingerprint density at radius 1 is 0.750 bits per heavy atom. The number of carbonyl (C=O) groups excluding carboxylic acids is 1. The fourth-order valence-electron chi connectivity index (χ4n) is 4.89. The van der Waals surface area contributed by atoms with E-state index in [1.807, 2.05) is 0 Å². The number of hydrogen-bond donors (Lipinski definition) is 0. The van der Waals surface area contributed by atoms with Crippen LogP contribution in [-0.2, 0) is 9.53 Å². The van der Waals surface area contributed by atoms with Crippen LogP contribution in [0.15, 0.2) is 0 Å². The first-order valence-electron chi connectivity index (χ1n) is 14.4. The van der Waals surface area contributed by atoms with Gasteiger partial charge in [0.25, 0.3) is 0 Å². The molecule has 0 N–H and O–H groups in total. The van der Waals surface area contributed by atoms with Crippen LogP contribution in [0.1, 0.15) is 150 Å². The van der Waals surface area contributed by atoms with Crippen LogP contribution in [-0.4, -0.2) is 36.6 Å². The van der Waals surface area contributed by atoms with Gasteiger partial charge in [0.15, 0.2) is 0 Å². The lowest BCUT2D eigenvalue weighted by molar-refractivity contribution is -0.161. The summed E-state index contributed by atoms with van der Waals surface area (Å²) in [6.45, 7) is 12.6. The van der Waals surface area contributed by atoms with Crippen molar-refractivity contribution in [2.45, 2.75) is 156 Å². The average Bonchev–Trinajstić information content (AvgIpc) is 3.29. The van der Waals surface area contributed by atoms with Crippen molar-refractivity contribution in [3.05, 3.63) is 0 Å². The van der Waals surface area contributed by atoms with Gasteiger partial charge in [-0.15, -0.1) is 0 Å². The fraction of sp³-hybridized carbons (Fsp3) is 0.966. The van der Waals surface area contributed by atoms with Crippen LogP contribution in [0.4, 0.5) is 0 Å². The van der Waals surface area contributed by atoms with Gasteiger partial charge < -0.3 is 9.64 Å². The summed E-state index contributed by atoms with van der Waals surface area (Å²) in [5, 5.41) is 0. The third kappa shape index (κ3) is 14.6. The van der Waals surface area contributed by atoms with E-state index in [0.717, 1.165) is 25.7 Å². The minimum absolute atomic E-state index is 0.0426. The SMILES string of the molecule is CCCCCCCCC(CCCCCC)OC(=O)C(C)(C)CCCCCCN1CCCC1. The number of nitrogens with zero attached hydrogens (tertiary/aromatic N) is 1. The fourth-order valence-corrected chi connectivity index (χ4v) is 4.89. The molecule has 1 heterocycles. The highest BCUT2D eigenvalue weighted by molar-refractivity contribution is 5.76. The average molecular weight is 452 g/mol. The van der Waals surface area contributed by atoms with E-state index >= 15 is 0 Å². The number of esters is 1. The molecule has 0 aliphatic carbocycles. The molecule has 0 aromatic heterocycles. The van der Waals surface area contributed by atoms with Crippen molar-refractivity contribution in [1.82, 2.24) is 4.90 Å². The maximum atomic E-state index is 13.0. The second-order valence-electron chi connectivity index (χ2n) is 11.0. The largest absolute Gasteiger partial charge is 0.462 e. The lowest BCUT2D eigenvalue weighted by Gasteiger charge is -2.27. The van der Waals surface area contributed by atoms with Gasteiger partial charge >= 0.3 is 5.97 Å². The molecule has 190 valence electrons. The summed E-state index contributed by atoms with van der Waals surface area (Å²) in [4.78, 5) is 15.6. The Morgan fingerprint density at radius 3 is 1.88 bits per heavy atom. The number of unbranched alkanes of at least 4 members (excludes halogenated alkanes) is 11. The monoisotopic (exact) mass is 451 g/mol. The predicted molar refractivity (Wildman–Crippen MR) is 139 cm³/mol. The van der Waals surface area contributed by atoms with Gasteiger partial charge in [-0.1, -0.05) is 84.5 Å². The Balaban J connectivity index is 2.28. The molecular formula is C29H57NO2. The van der Waals surface area contributed by atoms with Crippen molar-refractivity contribution >= 4 is 5.97 Å². The molecule has 1 aliphatic heterocycles. The van der Waals surface area contributed by atoms with E-state index in [2.05, 4.69) is 32.6 Å². The number of ether oxygens (including phenoxy) is 1. The molecule has 1 saturated heterocycles. The number of hydrogen-bond acceptors (Lipinski definition) is 3. The van der Waals surface area contributed by atoms with Crippen LogP contribution in [0.5, 0.6) is 0 Å². The van der Waals surface area contributed by atoms with Crippen LogP contribution >= 0.6 is 0 Å². The van der Waals surface area contributed by atoms with Gasteiger partial charge in [-0.2, -0.15) is 0 Å². The van der Waals surface area contributed by atoms with Crippen LogP contribution in [0.2, 0.25) is 0 Å². The molecule has 0 aromatic rings. The highest BCUT2D eigenvalue weighted by Crippen LogP contribution is 2.28. The molecule has 32 heavy (non-hydrogen) atoms. The van der Waals surface area contributed by atoms with E-state index in [4.69, 9.17) is 4.74 Å². The summed E-state index contributed by atoms with van der Waals surface area (Å²) >= 11 is 0. The maximum absolute atomic E-state index is 13.0. The van der Waals surface area contributed by atoms with Crippen LogP contribution in [0, 0.1) is 5.41 Å². The Labute approximate surface area is 201 Å². The van der Waals surface area contributed by atoms with Gasteiger partial charge in [-0.25, -0.2) is 0 Å².